The molecular formula is C10H12O5. The van der Waals surface area contributed by atoms with Gasteiger partial charge in [-0.3, -0.25) is 0 Å². The van der Waals surface area contributed by atoms with Crippen molar-refractivity contribution in [1.82, 2.24) is 0 Å². The number of aliphatic carboxylic acids is 1. The van der Waals surface area contributed by atoms with Crippen molar-refractivity contribution in [2.75, 3.05) is 0 Å². The molecule has 0 unspecified atom stereocenters. The van der Waals surface area contributed by atoms with E-state index in [1.807, 2.05) is 0 Å². The van der Waals surface area contributed by atoms with Gasteiger partial charge in [0.15, 0.2) is 0 Å². The van der Waals surface area contributed by atoms with Gasteiger partial charge >= 0.3 is 11.9 Å². The predicted octanol–water partition coefficient (Wildman–Crippen LogP) is 0.250. The smallest absolute Gasteiger partial charge is 0.330 e. The van der Waals surface area contributed by atoms with Crippen LogP contribution in [0.1, 0.15) is 12.8 Å². The van der Waals surface area contributed by atoms with Gasteiger partial charge in [-0.15, -0.1) is 0 Å². The van der Waals surface area contributed by atoms with Gasteiger partial charge in [0.2, 0.25) is 0 Å². The minimum Gasteiger partial charge on any atom is -0.478 e. The van der Waals surface area contributed by atoms with Crippen molar-refractivity contribution < 1.29 is 24.5 Å². The van der Waals surface area contributed by atoms with Crippen molar-refractivity contribution in [2.45, 2.75) is 25.0 Å². The van der Waals surface area contributed by atoms with Crippen LogP contribution in [0, 0.1) is 0 Å². The molecule has 0 radical (unpaired) electrons. The number of aliphatic hydroxyl groups is 1. The van der Waals surface area contributed by atoms with Gasteiger partial charge in [-0.1, -0.05) is 6.08 Å². The number of cyclic esters (lactones) is 1. The molecule has 2 N–H and O–H groups in total. The summed E-state index contributed by atoms with van der Waals surface area (Å²) in [5, 5.41) is 17.7. The Morgan fingerprint density at radius 3 is 3.00 bits per heavy atom. The van der Waals surface area contributed by atoms with Crippen LogP contribution >= 0.6 is 0 Å². The zero-order valence-corrected chi connectivity index (χ0v) is 8.00. The van der Waals surface area contributed by atoms with E-state index >= 15 is 0 Å². The van der Waals surface area contributed by atoms with Crippen LogP contribution in [0.3, 0.4) is 0 Å². The highest BCUT2D eigenvalue weighted by molar-refractivity contribution is 5.83. The molecule has 15 heavy (non-hydrogen) atoms. The van der Waals surface area contributed by atoms with Crippen LogP contribution < -0.4 is 0 Å². The number of carbonyl (C=O) groups excluding carboxylic acids is 1. The molecule has 82 valence electrons. The standard InChI is InChI=1S/C10H12O5/c11-7-5-6-10(14)15-8(7)3-1-2-4-9(12)13/h2,4-8,11H,1,3H2,(H,12,13)/b4-2+/t7-,8+/m1/s1. The number of aliphatic hydroxyl groups excluding tert-OH is 1. The average Bonchev–Trinajstić information content (AvgIpc) is 2.17. The number of rotatable bonds is 4. The van der Waals surface area contributed by atoms with Crippen LogP contribution in [0.15, 0.2) is 24.3 Å². The van der Waals surface area contributed by atoms with E-state index in [0.717, 1.165) is 6.08 Å². The van der Waals surface area contributed by atoms with Gasteiger partial charge in [-0.05, 0) is 18.9 Å². The third-order valence-electron chi connectivity index (χ3n) is 1.96. The van der Waals surface area contributed by atoms with Gasteiger partial charge in [-0.25, -0.2) is 9.59 Å². The van der Waals surface area contributed by atoms with E-state index in [9.17, 15) is 14.7 Å². The second kappa shape index (κ2) is 5.31. The first-order chi connectivity index (χ1) is 7.09. The van der Waals surface area contributed by atoms with E-state index in [0.29, 0.717) is 12.8 Å². The van der Waals surface area contributed by atoms with Gasteiger partial charge < -0.3 is 14.9 Å². The number of ether oxygens (including phenoxy) is 1. The Morgan fingerprint density at radius 2 is 2.33 bits per heavy atom. The molecule has 1 heterocycles. The highest BCUT2D eigenvalue weighted by Crippen LogP contribution is 2.14. The molecule has 0 spiro atoms. The maximum atomic E-state index is 10.8. The molecule has 0 saturated carbocycles. The first-order valence-corrected chi connectivity index (χ1v) is 4.56. The van der Waals surface area contributed by atoms with Crippen LogP contribution in [0.5, 0.6) is 0 Å². The third kappa shape index (κ3) is 3.95. The molecule has 1 rings (SSSR count). The Kier molecular flexibility index (Phi) is 4.05. The quantitative estimate of drug-likeness (QED) is 0.515. The molecule has 0 aromatic heterocycles. The maximum Gasteiger partial charge on any atom is 0.330 e. The fraction of sp³-hybridized carbons (Fsp3) is 0.400. The Morgan fingerprint density at radius 1 is 1.60 bits per heavy atom. The molecule has 0 amide bonds. The molecule has 2 atom stereocenters. The predicted molar refractivity (Wildman–Crippen MR) is 51.0 cm³/mol. The molecule has 1 aliphatic rings. The summed E-state index contributed by atoms with van der Waals surface area (Å²) in [6.45, 7) is 0. The number of carboxylic acids is 1. The summed E-state index contributed by atoms with van der Waals surface area (Å²) in [6, 6.07) is 0. The Labute approximate surface area is 86.7 Å². The zero-order chi connectivity index (χ0) is 11.3. The molecule has 0 aromatic rings. The molecule has 0 saturated heterocycles. The van der Waals surface area contributed by atoms with Crippen molar-refractivity contribution in [3.63, 3.8) is 0 Å². The summed E-state index contributed by atoms with van der Waals surface area (Å²) in [7, 11) is 0. The second-order valence-corrected chi connectivity index (χ2v) is 3.14. The lowest BCUT2D eigenvalue weighted by Crippen LogP contribution is -2.32. The van der Waals surface area contributed by atoms with E-state index in [1.165, 1.54) is 18.2 Å². The van der Waals surface area contributed by atoms with Gasteiger partial charge in [0.1, 0.15) is 12.2 Å². The molecule has 0 aliphatic carbocycles. The van der Waals surface area contributed by atoms with Crippen LogP contribution in [0.4, 0.5) is 0 Å². The van der Waals surface area contributed by atoms with Crippen LogP contribution in [0.25, 0.3) is 0 Å². The Hall–Kier alpha value is -1.62. The summed E-state index contributed by atoms with van der Waals surface area (Å²) >= 11 is 0. The molecule has 5 nitrogen and oxygen atoms in total. The Balaban J connectivity index is 2.35. The fourth-order valence-electron chi connectivity index (χ4n) is 1.23. The van der Waals surface area contributed by atoms with Gasteiger partial charge in [0.05, 0.1) is 0 Å². The summed E-state index contributed by atoms with van der Waals surface area (Å²) in [5.41, 5.74) is 0. The number of allylic oxidation sites excluding steroid dienone is 1. The molecule has 0 aromatic carbocycles. The van der Waals surface area contributed by atoms with Crippen molar-refractivity contribution in [3.8, 4) is 0 Å². The van der Waals surface area contributed by atoms with Gasteiger partial charge in [0.25, 0.3) is 0 Å². The number of esters is 1. The molecular weight excluding hydrogens is 200 g/mol. The first-order valence-electron chi connectivity index (χ1n) is 4.56. The summed E-state index contributed by atoms with van der Waals surface area (Å²) in [6.07, 6.45) is 4.48. The molecule has 0 bridgehead atoms. The van der Waals surface area contributed by atoms with E-state index < -0.39 is 24.1 Å². The molecule has 1 aliphatic heterocycles. The normalized spacial score (nSPS) is 25.5. The topological polar surface area (TPSA) is 83.8 Å². The number of hydrogen-bond donors (Lipinski definition) is 2. The number of hydrogen-bond acceptors (Lipinski definition) is 4. The van der Waals surface area contributed by atoms with Crippen molar-refractivity contribution in [2.24, 2.45) is 0 Å². The van der Waals surface area contributed by atoms with E-state index in [4.69, 9.17) is 9.84 Å². The second-order valence-electron chi connectivity index (χ2n) is 3.14. The zero-order valence-electron chi connectivity index (χ0n) is 8.00. The number of carboxylic acid groups (broad SMARTS) is 1. The summed E-state index contributed by atoms with van der Waals surface area (Å²) in [4.78, 5) is 21.0. The Bertz CT molecular complexity index is 305. The highest BCUT2D eigenvalue weighted by Gasteiger charge is 2.23. The maximum absolute atomic E-state index is 10.8. The lowest BCUT2D eigenvalue weighted by atomic mass is 10.1. The van der Waals surface area contributed by atoms with Crippen LogP contribution in [0.2, 0.25) is 0 Å². The van der Waals surface area contributed by atoms with E-state index in [-0.39, 0.29) is 0 Å². The fourth-order valence-corrected chi connectivity index (χ4v) is 1.23. The molecule has 0 fully saturated rings. The average molecular weight is 212 g/mol. The van der Waals surface area contributed by atoms with Crippen molar-refractivity contribution in [3.05, 3.63) is 24.3 Å². The van der Waals surface area contributed by atoms with Crippen molar-refractivity contribution in [1.29, 1.82) is 0 Å². The first kappa shape index (κ1) is 11.5. The minimum absolute atomic E-state index is 0.404. The van der Waals surface area contributed by atoms with Crippen molar-refractivity contribution >= 4 is 11.9 Å². The SMILES string of the molecule is O=C(O)/C=C/CC[C@@H]1OC(=O)C=C[C@H]1O. The molecule has 5 heteroatoms. The summed E-state index contributed by atoms with van der Waals surface area (Å²) in [5.74, 6) is -1.50. The largest absolute Gasteiger partial charge is 0.478 e. The third-order valence-corrected chi connectivity index (χ3v) is 1.96. The van der Waals surface area contributed by atoms with Gasteiger partial charge in [-0.2, -0.15) is 0 Å². The summed E-state index contributed by atoms with van der Waals surface area (Å²) < 4.78 is 4.85. The monoisotopic (exact) mass is 212 g/mol. The van der Waals surface area contributed by atoms with Gasteiger partial charge in [0, 0.05) is 12.2 Å². The number of carbonyl (C=O) groups is 2. The lowest BCUT2D eigenvalue weighted by molar-refractivity contribution is -0.149. The van der Waals surface area contributed by atoms with E-state index in [1.54, 1.807) is 0 Å². The van der Waals surface area contributed by atoms with E-state index in [2.05, 4.69) is 0 Å². The minimum atomic E-state index is -1.02. The lowest BCUT2D eigenvalue weighted by Gasteiger charge is -2.22. The van der Waals surface area contributed by atoms with Crippen LogP contribution in [-0.2, 0) is 14.3 Å². The highest BCUT2D eigenvalue weighted by atomic mass is 16.6. The van der Waals surface area contributed by atoms with Crippen LogP contribution in [-0.4, -0.2) is 34.4 Å².